The zero-order chi connectivity index (χ0) is 18.5. The zero-order valence-electron chi connectivity index (χ0n) is 15.4. The summed E-state index contributed by atoms with van der Waals surface area (Å²) in [6.45, 7) is 2.42. The van der Waals surface area contributed by atoms with E-state index in [4.69, 9.17) is 0 Å². The van der Waals surface area contributed by atoms with E-state index in [2.05, 4.69) is 14.5 Å². The quantitative estimate of drug-likeness (QED) is 0.702. The average molecular weight is 360 g/mol. The average Bonchev–Trinajstić information content (AvgIpc) is 3.18. The fourth-order valence-electron chi connectivity index (χ4n) is 3.77. The van der Waals surface area contributed by atoms with Crippen LogP contribution >= 0.6 is 0 Å². The van der Waals surface area contributed by atoms with E-state index in [9.17, 15) is 4.79 Å². The van der Waals surface area contributed by atoms with E-state index in [0.717, 1.165) is 43.9 Å². The lowest BCUT2D eigenvalue weighted by Crippen LogP contribution is -2.39. The number of imidazole rings is 1. The fraction of sp³-hybridized carbons (Fsp3) is 0.318. The third-order valence-electron chi connectivity index (χ3n) is 5.26. The first-order valence-electron chi connectivity index (χ1n) is 9.51. The van der Waals surface area contributed by atoms with Crippen molar-refractivity contribution in [3.05, 3.63) is 84.2 Å². The van der Waals surface area contributed by atoms with Crippen LogP contribution in [0.15, 0.2) is 67.3 Å². The van der Waals surface area contributed by atoms with E-state index in [0.29, 0.717) is 12.3 Å². The Hall–Kier alpha value is -2.95. The summed E-state index contributed by atoms with van der Waals surface area (Å²) in [5.74, 6) is 1.75. The molecule has 3 aromatic rings. The second kappa shape index (κ2) is 8.16. The van der Waals surface area contributed by atoms with Gasteiger partial charge in [0.1, 0.15) is 5.82 Å². The first-order chi connectivity index (χ1) is 13.3. The van der Waals surface area contributed by atoms with Crippen molar-refractivity contribution in [3.63, 3.8) is 0 Å². The molecule has 0 unspecified atom stereocenters. The van der Waals surface area contributed by atoms with Gasteiger partial charge in [-0.25, -0.2) is 4.98 Å². The maximum atomic E-state index is 12.6. The molecular formula is C22H24N4O. The van der Waals surface area contributed by atoms with E-state index >= 15 is 0 Å². The summed E-state index contributed by atoms with van der Waals surface area (Å²) in [6.07, 6.45) is 9.99. The summed E-state index contributed by atoms with van der Waals surface area (Å²) in [7, 11) is 0. The van der Waals surface area contributed by atoms with Gasteiger partial charge >= 0.3 is 0 Å². The van der Waals surface area contributed by atoms with Crippen LogP contribution in [0, 0.1) is 0 Å². The smallest absolute Gasteiger partial charge is 0.226 e. The number of nitrogens with zero attached hydrogens (tertiary/aromatic N) is 4. The largest absolute Gasteiger partial charge is 0.342 e. The van der Waals surface area contributed by atoms with Crippen LogP contribution in [0.1, 0.15) is 35.7 Å². The normalized spacial score (nSPS) is 15.0. The second-order valence-electron chi connectivity index (χ2n) is 7.09. The fourth-order valence-corrected chi connectivity index (χ4v) is 3.77. The van der Waals surface area contributed by atoms with Gasteiger partial charge in [0.15, 0.2) is 0 Å². The Morgan fingerprint density at radius 2 is 1.70 bits per heavy atom. The second-order valence-corrected chi connectivity index (χ2v) is 7.09. The monoisotopic (exact) mass is 360 g/mol. The van der Waals surface area contributed by atoms with Crippen LogP contribution < -0.4 is 0 Å². The van der Waals surface area contributed by atoms with Crippen molar-refractivity contribution in [1.29, 1.82) is 0 Å². The van der Waals surface area contributed by atoms with E-state index in [1.54, 1.807) is 0 Å². The Balaban J connectivity index is 1.36. The van der Waals surface area contributed by atoms with E-state index < -0.39 is 0 Å². The molecule has 0 bridgehead atoms. The van der Waals surface area contributed by atoms with Gasteiger partial charge in [-0.1, -0.05) is 30.3 Å². The number of hydrogen-bond acceptors (Lipinski definition) is 3. The highest BCUT2D eigenvalue weighted by atomic mass is 16.2. The molecule has 1 fully saturated rings. The number of hydrogen-bond donors (Lipinski definition) is 0. The molecule has 1 amide bonds. The molecule has 0 atom stereocenters. The molecule has 0 aliphatic carbocycles. The molecule has 0 spiro atoms. The summed E-state index contributed by atoms with van der Waals surface area (Å²) < 4.78 is 2.22. The number of pyridine rings is 1. The van der Waals surface area contributed by atoms with Gasteiger partial charge in [-0.2, -0.15) is 0 Å². The molecule has 1 aromatic carbocycles. The SMILES string of the molecule is O=C(Cc1ccccc1)N1CCC(c2nccn2Cc2ccncc2)CC1. The predicted molar refractivity (Wildman–Crippen MR) is 104 cm³/mol. The zero-order valence-corrected chi connectivity index (χ0v) is 15.4. The molecule has 138 valence electrons. The molecule has 3 heterocycles. The Morgan fingerprint density at radius 3 is 2.44 bits per heavy atom. The van der Waals surface area contributed by atoms with Crippen molar-refractivity contribution in [2.75, 3.05) is 13.1 Å². The highest BCUT2D eigenvalue weighted by Crippen LogP contribution is 2.27. The summed E-state index contributed by atoms with van der Waals surface area (Å²) in [5.41, 5.74) is 2.30. The third kappa shape index (κ3) is 4.25. The van der Waals surface area contributed by atoms with Crippen molar-refractivity contribution >= 4 is 5.91 Å². The van der Waals surface area contributed by atoms with Crippen LogP contribution in [0.4, 0.5) is 0 Å². The van der Waals surface area contributed by atoms with Gasteiger partial charge in [-0.05, 0) is 36.1 Å². The van der Waals surface area contributed by atoms with E-state index in [1.165, 1.54) is 5.56 Å². The standard InChI is InChI=1S/C22H24N4O/c27-21(16-18-4-2-1-3-5-18)25-13-8-20(9-14-25)22-24-12-15-26(22)17-19-6-10-23-11-7-19/h1-7,10-12,15,20H,8-9,13-14,16-17H2. The molecule has 5 heteroatoms. The van der Waals surface area contributed by atoms with Gasteiger partial charge in [-0.3, -0.25) is 9.78 Å². The van der Waals surface area contributed by atoms with Crippen LogP contribution in [-0.2, 0) is 17.8 Å². The lowest BCUT2D eigenvalue weighted by molar-refractivity contribution is -0.131. The molecule has 0 saturated carbocycles. The topological polar surface area (TPSA) is 51.0 Å². The maximum Gasteiger partial charge on any atom is 0.226 e. The molecule has 0 radical (unpaired) electrons. The van der Waals surface area contributed by atoms with Gasteiger partial charge in [0.05, 0.1) is 6.42 Å². The molecule has 1 aliphatic rings. The molecule has 27 heavy (non-hydrogen) atoms. The Bertz CT molecular complexity index is 868. The molecule has 5 nitrogen and oxygen atoms in total. The van der Waals surface area contributed by atoms with Crippen molar-refractivity contribution in [2.24, 2.45) is 0 Å². The summed E-state index contributed by atoms with van der Waals surface area (Å²) in [5, 5.41) is 0. The van der Waals surface area contributed by atoms with Crippen molar-refractivity contribution in [2.45, 2.75) is 31.7 Å². The minimum atomic E-state index is 0.222. The van der Waals surface area contributed by atoms with Crippen molar-refractivity contribution in [1.82, 2.24) is 19.4 Å². The van der Waals surface area contributed by atoms with Gasteiger partial charge in [0.25, 0.3) is 0 Å². The lowest BCUT2D eigenvalue weighted by Gasteiger charge is -2.32. The number of benzene rings is 1. The summed E-state index contributed by atoms with van der Waals surface area (Å²) >= 11 is 0. The van der Waals surface area contributed by atoms with Crippen molar-refractivity contribution < 1.29 is 4.79 Å². The van der Waals surface area contributed by atoms with Gasteiger partial charge in [0.2, 0.25) is 5.91 Å². The molecule has 0 N–H and O–H groups in total. The number of likely N-dealkylation sites (tertiary alicyclic amines) is 1. The highest BCUT2D eigenvalue weighted by Gasteiger charge is 2.26. The number of carbonyl (C=O) groups is 1. The van der Waals surface area contributed by atoms with E-state index in [1.807, 2.05) is 72.2 Å². The first-order valence-corrected chi connectivity index (χ1v) is 9.51. The Morgan fingerprint density at radius 1 is 0.963 bits per heavy atom. The van der Waals surface area contributed by atoms with Gasteiger partial charge in [0, 0.05) is 50.3 Å². The molecule has 2 aromatic heterocycles. The number of piperidine rings is 1. The van der Waals surface area contributed by atoms with Crippen LogP contribution in [0.3, 0.4) is 0 Å². The lowest BCUT2D eigenvalue weighted by atomic mass is 9.95. The number of rotatable bonds is 5. The van der Waals surface area contributed by atoms with Crippen LogP contribution in [-0.4, -0.2) is 38.4 Å². The Labute approximate surface area is 159 Å². The maximum absolute atomic E-state index is 12.6. The number of amides is 1. The van der Waals surface area contributed by atoms with Crippen molar-refractivity contribution in [3.8, 4) is 0 Å². The molecule has 4 rings (SSSR count). The first kappa shape index (κ1) is 17.5. The number of carbonyl (C=O) groups excluding carboxylic acids is 1. The predicted octanol–water partition coefficient (Wildman–Crippen LogP) is 3.28. The highest BCUT2D eigenvalue weighted by molar-refractivity contribution is 5.78. The van der Waals surface area contributed by atoms with Gasteiger partial charge < -0.3 is 9.47 Å². The summed E-state index contributed by atoms with van der Waals surface area (Å²) in [6, 6.07) is 14.0. The van der Waals surface area contributed by atoms with Crippen LogP contribution in [0.25, 0.3) is 0 Å². The van der Waals surface area contributed by atoms with Crippen LogP contribution in [0.2, 0.25) is 0 Å². The minimum Gasteiger partial charge on any atom is -0.342 e. The Kier molecular flexibility index (Phi) is 5.28. The molecular weight excluding hydrogens is 336 g/mol. The molecule has 1 aliphatic heterocycles. The van der Waals surface area contributed by atoms with E-state index in [-0.39, 0.29) is 5.91 Å². The van der Waals surface area contributed by atoms with Gasteiger partial charge in [-0.15, -0.1) is 0 Å². The minimum absolute atomic E-state index is 0.222. The molecule has 1 saturated heterocycles. The van der Waals surface area contributed by atoms with Crippen LogP contribution in [0.5, 0.6) is 0 Å². The third-order valence-corrected chi connectivity index (χ3v) is 5.26. The summed E-state index contributed by atoms with van der Waals surface area (Å²) in [4.78, 5) is 23.3. The number of aromatic nitrogens is 3.